The van der Waals surface area contributed by atoms with Crippen molar-refractivity contribution in [1.29, 1.82) is 0 Å². The van der Waals surface area contributed by atoms with Crippen LogP contribution in [-0.2, 0) is 9.59 Å². The minimum Gasteiger partial charge on any atom is -0.325 e. The van der Waals surface area contributed by atoms with Gasteiger partial charge in [0.15, 0.2) is 0 Å². The molecule has 27 heavy (non-hydrogen) atoms. The smallest absolute Gasteiger partial charge is 0.325 e. The Kier molecular flexibility index (Phi) is 4.94. The molecule has 1 aliphatic heterocycles. The highest BCUT2D eigenvalue weighted by Crippen LogP contribution is 2.26. The molecule has 140 valence electrons. The van der Waals surface area contributed by atoms with E-state index in [2.05, 4.69) is 5.32 Å². The van der Waals surface area contributed by atoms with Gasteiger partial charge in [0.05, 0.1) is 0 Å². The molecule has 0 spiro atoms. The molecule has 6 nitrogen and oxygen atoms in total. The van der Waals surface area contributed by atoms with Crippen molar-refractivity contribution in [2.24, 2.45) is 0 Å². The van der Waals surface area contributed by atoms with E-state index in [-0.39, 0.29) is 6.54 Å². The van der Waals surface area contributed by atoms with Gasteiger partial charge in [0, 0.05) is 11.4 Å². The summed E-state index contributed by atoms with van der Waals surface area (Å²) >= 11 is 0. The van der Waals surface area contributed by atoms with Crippen LogP contribution in [0.2, 0.25) is 0 Å². The quantitative estimate of drug-likeness (QED) is 0.841. The molecule has 0 saturated carbocycles. The minimum absolute atomic E-state index is 0.382. The third-order valence-electron chi connectivity index (χ3n) is 4.36. The summed E-state index contributed by atoms with van der Waals surface area (Å²) in [5, 5.41) is 2.72. The third kappa shape index (κ3) is 3.81. The lowest BCUT2D eigenvalue weighted by atomic mass is 10.1. The Morgan fingerprint density at radius 2 is 1.67 bits per heavy atom. The number of nitrogens with zero attached hydrogens (tertiary/aromatic N) is 2. The number of hydrogen-bond acceptors (Lipinski definition) is 3. The van der Waals surface area contributed by atoms with Crippen LogP contribution in [0.3, 0.4) is 0 Å². The normalized spacial score (nSPS) is 16.8. The molecule has 4 amide bonds. The Bertz CT molecular complexity index is 891. The first-order valence-corrected chi connectivity index (χ1v) is 8.54. The molecular formula is C20H20FN3O3. The molecule has 0 bridgehead atoms. The molecule has 0 aliphatic carbocycles. The maximum Gasteiger partial charge on any atom is 0.332 e. The van der Waals surface area contributed by atoms with Crippen molar-refractivity contribution in [3.63, 3.8) is 0 Å². The maximum atomic E-state index is 13.1. The second-order valence-electron chi connectivity index (χ2n) is 6.65. The van der Waals surface area contributed by atoms with Gasteiger partial charge >= 0.3 is 6.03 Å². The molecule has 7 heteroatoms. The highest BCUT2D eigenvalue weighted by atomic mass is 19.1. The molecule has 0 aromatic heterocycles. The van der Waals surface area contributed by atoms with Crippen molar-refractivity contribution in [1.82, 2.24) is 4.90 Å². The van der Waals surface area contributed by atoms with Crippen LogP contribution in [0.15, 0.2) is 42.5 Å². The lowest BCUT2D eigenvalue weighted by Gasteiger charge is -2.19. The van der Waals surface area contributed by atoms with Crippen molar-refractivity contribution in [2.75, 3.05) is 16.8 Å². The molecule has 1 atom stereocenters. The fourth-order valence-corrected chi connectivity index (χ4v) is 3.20. The summed E-state index contributed by atoms with van der Waals surface area (Å²) in [6.45, 7) is 5.02. The Morgan fingerprint density at radius 1 is 1.07 bits per heavy atom. The summed E-state index contributed by atoms with van der Waals surface area (Å²) < 4.78 is 13.1. The zero-order chi connectivity index (χ0) is 19.7. The summed E-state index contributed by atoms with van der Waals surface area (Å²) in [5.41, 5.74) is 3.00. The van der Waals surface area contributed by atoms with Crippen LogP contribution >= 0.6 is 0 Å². The van der Waals surface area contributed by atoms with Crippen LogP contribution in [-0.4, -0.2) is 35.3 Å². The molecule has 1 aliphatic rings. The monoisotopic (exact) mass is 369 g/mol. The Morgan fingerprint density at radius 3 is 2.26 bits per heavy atom. The van der Waals surface area contributed by atoms with Crippen LogP contribution in [0.5, 0.6) is 0 Å². The first-order valence-electron chi connectivity index (χ1n) is 8.54. The number of amides is 4. The summed E-state index contributed by atoms with van der Waals surface area (Å²) in [4.78, 5) is 39.7. The van der Waals surface area contributed by atoms with Gasteiger partial charge in [-0.05, 0) is 68.3 Å². The van der Waals surface area contributed by atoms with Gasteiger partial charge in [-0.15, -0.1) is 0 Å². The Hall–Kier alpha value is -3.22. The topological polar surface area (TPSA) is 69.7 Å². The van der Waals surface area contributed by atoms with Crippen molar-refractivity contribution in [2.45, 2.75) is 26.8 Å². The van der Waals surface area contributed by atoms with Gasteiger partial charge in [-0.2, -0.15) is 0 Å². The lowest BCUT2D eigenvalue weighted by molar-refractivity contribution is -0.130. The molecular weight excluding hydrogens is 349 g/mol. The predicted octanol–water partition coefficient (Wildman–Crippen LogP) is 3.24. The van der Waals surface area contributed by atoms with Crippen molar-refractivity contribution in [3.8, 4) is 0 Å². The Labute approximate surface area is 156 Å². The van der Waals surface area contributed by atoms with E-state index in [0.717, 1.165) is 16.0 Å². The summed E-state index contributed by atoms with van der Waals surface area (Å²) in [5.74, 6) is -1.37. The molecule has 2 aromatic rings. The Balaban J connectivity index is 1.74. The van der Waals surface area contributed by atoms with Gasteiger partial charge in [-0.3, -0.25) is 19.4 Å². The lowest BCUT2D eigenvalue weighted by Crippen LogP contribution is -2.39. The summed E-state index contributed by atoms with van der Waals surface area (Å²) in [7, 11) is 0. The summed E-state index contributed by atoms with van der Waals surface area (Å²) in [6, 6.07) is 9.52. The average Bonchev–Trinajstić information content (AvgIpc) is 2.78. The van der Waals surface area contributed by atoms with Crippen molar-refractivity contribution >= 4 is 29.2 Å². The van der Waals surface area contributed by atoms with Crippen LogP contribution in [0, 0.1) is 19.7 Å². The first-order chi connectivity index (χ1) is 12.8. The highest BCUT2D eigenvalue weighted by Gasteiger charge is 2.44. The standard InChI is InChI=1S/C20H20FN3O3/c1-12-8-13(2)10-16(9-12)22-18(25)11-23-19(26)14(3)24(20(23)27)17-6-4-15(21)5-7-17/h4-10,14H,11H2,1-3H3,(H,22,25). The third-order valence-corrected chi connectivity index (χ3v) is 4.36. The molecule has 1 N–H and O–H groups in total. The number of halogens is 1. The van der Waals surface area contributed by atoms with E-state index in [4.69, 9.17) is 0 Å². The molecule has 1 heterocycles. The largest absolute Gasteiger partial charge is 0.332 e. The van der Waals surface area contributed by atoms with Crippen molar-refractivity contribution < 1.29 is 18.8 Å². The predicted molar refractivity (Wildman–Crippen MR) is 100.0 cm³/mol. The van der Waals surface area contributed by atoms with Gasteiger partial charge in [0.1, 0.15) is 18.4 Å². The zero-order valence-electron chi connectivity index (χ0n) is 15.3. The van der Waals surface area contributed by atoms with Crippen LogP contribution in [0.1, 0.15) is 18.1 Å². The molecule has 0 radical (unpaired) electrons. The van der Waals surface area contributed by atoms with Gasteiger partial charge in [0.25, 0.3) is 5.91 Å². The highest BCUT2D eigenvalue weighted by molar-refractivity contribution is 6.16. The number of rotatable bonds is 4. The molecule has 1 fully saturated rings. The van der Waals surface area contributed by atoms with Crippen molar-refractivity contribution in [3.05, 3.63) is 59.4 Å². The first kappa shape index (κ1) is 18.6. The molecule has 3 rings (SSSR count). The zero-order valence-corrected chi connectivity index (χ0v) is 15.3. The van der Waals surface area contributed by atoms with Gasteiger partial charge in [0.2, 0.25) is 5.91 Å². The molecule has 1 unspecified atom stereocenters. The second-order valence-corrected chi connectivity index (χ2v) is 6.65. The van der Waals surface area contributed by atoms with E-state index in [1.807, 2.05) is 32.0 Å². The van der Waals surface area contributed by atoms with E-state index >= 15 is 0 Å². The SMILES string of the molecule is Cc1cc(C)cc(NC(=O)CN2C(=O)C(C)N(c3ccc(F)cc3)C2=O)c1. The van der Waals surface area contributed by atoms with E-state index < -0.39 is 29.7 Å². The number of benzene rings is 2. The number of anilines is 2. The molecule has 2 aromatic carbocycles. The maximum absolute atomic E-state index is 13.1. The van der Waals surface area contributed by atoms with Crippen LogP contribution in [0.25, 0.3) is 0 Å². The number of nitrogens with one attached hydrogen (secondary N) is 1. The molecule has 1 saturated heterocycles. The van der Waals surface area contributed by atoms with Gasteiger partial charge in [-0.1, -0.05) is 6.07 Å². The van der Waals surface area contributed by atoms with E-state index in [0.29, 0.717) is 11.4 Å². The summed E-state index contributed by atoms with van der Waals surface area (Å²) in [6.07, 6.45) is 0. The van der Waals surface area contributed by atoms with Gasteiger partial charge < -0.3 is 5.32 Å². The fourth-order valence-electron chi connectivity index (χ4n) is 3.20. The van der Waals surface area contributed by atoms with Gasteiger partial charge in [-0.25, -0.2) is 9.18 Å². The minimum atomic E-state index is -0.767. The van der Waals surface area contributed by atoms with Crippen LogP contribution in [0.4, 0.5) is 20.6 Å². The number of carbonyl (C=O) groups is 3. The van der Waals surface area contributed by atoms with Crippen LogP contribution < -0.4 is 10.2 Å². The number of carbonyl (C=O) groups excluding carboxylic acids is 3. The van der Waals surface area contributed by atoms with E-state index in [1.165, 1.54) is 29.2 Å². The average molecular weight is 369 g/mol. The fraction of sp³-hybridized carbons (Fsp3) is 0.250. The second kappa shape index (κ2) is 7.19. The van der Waals surface area contributed by atoms with E-state index in [9.17, 15) is 18.8 Å². The number of imide groups is 1. The number of hydrogen-bond donors (Lipinski definition) is 1. The van der Waals surface area contributed by atoms with E-state index in [1.54, 1.807) is 6.92 Å². The number of aryl methyl sites for hydroxylation is 2. The number of urea groups is 1.